The molecule has 1 heterocycles. The third-order valence-electron chi connectivity index (χ3n) is 0.941. The van der Waals surface area contributed by atoms with Crippen LogP contribution in [-0.2, 0) is 0 Å². The first kappa shape index (κ1) is 7.98. The predicted octanol–water partition coefficient (Wildman–Crippen LogP) is -0.701. The van der Waals surface area contributed by atoms with E-state index >= 15 is 0 Å². The highest BCUT2D eigenvalue weighted by molar-refractivity contribution is 5.65. The molecule has 64 valence electrons. The third-order valence-corrected chi connectivity index (χ3v) is 0.941. The Kier molecular flexibility index (Phi) is 1.90. The fourth-order valence-corrected chi connectivity index (χ4v) is 0.580. The van der Waals surface area contributed by atoms with Crippen molar-refractivity contribution in [2.45, 2.75) is 0 Å². The van der Waals surface area contributed by atoms with Crippen molar-refractivity contribution in [1.29, 1.82) is 0 Å². The van der Waals surface area contributed by atoms with E-state index < -0.39 is 17.0 Å². The van der Waals surface area contributed by atoms with Gasteiger partial charge in [0.2, 0.25) is 0 Å². The summed E-state index contributed by atoms with van der Waals surface area (Å²) in [6.45, 7) is 0. The first-order valence-electron chi connectivity index (χ1n) is 2.77. The van der Waals surface area contributed by atoms with Gasteiger partial charge in [-0.05, 0) is 9.65 Å². The number of nitrogens with two attached hydrogens (primary N) is 1. The highest BCUT2D eigenvalue weighted by Gasteiger charge is 2.16. The molecule has 1 aromatic heterocycles. The van der Waals surface area contributed by atoms with Crippen molar-refractivity contribution < 1.29 is 14.6 Å². The average molecular weight is 172 g/mol. The molecule has 0 aliphatic carbocycles. The molecule has 0 unspecified atom stereocenters. The van der Waals surface area contributed by atoms with Crippen molar-refractivity contribution in [1.82, 2.24) is 9.71 Å². The Balaban J connectivity index is 2.91. The van der Waals surface area contributed by atoms with Crippen LogP contribution in [-0.4, -0.2) is 20.7 Å². The van der Waals surface area contributed by atoms with Crippen molar-refractivity contribution in [3.63, 3.8) is 0 Å². The first-order chi connectivity index (χ1) is 5.61. The third kappa shape index (κ3) is 1.48. The van der Waals surface area contributed by atoms with Gasteiger partial charge in [-0.2, -0.15) is 0 Å². The molecule has 0 aromatic carbocycles. The number of rotatable bonds is 2. The molecule has 0 aliphatic heterocycles. The summed E-state index contributed by atoms with van der Waals surface area (Å²) in [4.78, 5) is 27.0. The minimum absolute atomic E-state index is 0.572. The molecular weight excluding hydrogens is 168 g/mol. The molecule has 0 saturated carbocycles. The van der Waals surface area contributed by atoms with Crippen LogP contribution in [0, 0.1) is 10.1 Å². The summed E-state index contributed by atoms with van der Waals surface area (Å²) in [6.07, 6.45) is 1.07. The number of hydrogen-bond acceptors (Lipinski definition) is 5. The minimum Gasteiger partial charge on any atom is -0.390 e. The van der Waals surface area contributed by atoms with Gasteiger partial charge in [-0.15, -0.1) is 0 Å². The zero-order valence-electron chi connectivity index (χ0n) is 5.71. The van der Waals surface area contributed by atoms with Gasteiger partial charge < -0.3 is 15.8 Å². The van der Waals surface area contributed by atoms with Gasteiger partial charge in [0.05, 0.1) is 0 Å². The second-order valence-corrected chi connectivity index (χ2v) is 1.72. The summed E-state index contributed by atoms with van der Waals surface area (Å²) < 4.78 is 0.572. The van der Waals surface area contributed by atoms with Crippen LogP contribution < -0.4 is 10.6 Å². The molecule has 8 nitrogen and oxygen atoms in total. The lowest BCUT2D eigenvalue weighted by atomic mass is 11.0. The lowest BCUT2D eigenvalue weighted by Crippen LogP contribution is -2.25. The maximum absolute atomic E-state index is 10.2. The van der Waals surface area contributed by atoms with Gasteiger partial charge in [-0.3, -0.25) is 4.84 Å². The van der Waals surface area contributed by atoms with Crippen LogP contribution in [0.4, 0.5) is 10.7 Å². The molecule has 1 aromatic rings. The molecule has 0 saturated heterocycles. The van der Waals surface area contributed by atoms with Crippen LogP contribution in [0.2, 0.25) is 0 Å². The quantitative estimate of drug-likeness (QED) is 0.468. The fourth-order valence-electron chi connectivity index (χ4n) is 0.580. The van der Waals surface area contributed by atoms with E-state index in [2.05, 4.69) is 15.6 Å². The number of hydrogen-bond donors (Lipinski definition) is 1. The zero-order valence-corrected chi connectivity index (χ0v) is 5.71. The molecule has 8 heteroatoms. The van der Waals surface area contributed by atoms with Gasteiger partial charge in [-0.1, -0.05) is 4.98 Å². The van der Waals surface area contributed by atoms with Crippen molar-refractivity contribution in [2.75, 3.05) is 0 Å². The molecule has 1 amide bonds. The van der Waals surface area contributed by atoms with E-state index in [4.69, 9.17) is 0 Å². The zero-order chi connectivity index (χ0) is 9.14. The van der Waals surface area contributed by atoms with Crippen LogP contribution in [0.15, 0.2) is 12.4 Å². The first-order valence-corrected chi connectivity index (χ1v) is 2.77. The van der Waals surface area contributed by atoms with Gasteiger partial charge in [0.1, 0.15) is 12.4 Å². The Morgan fingerprint density at radius 3 is 3.00 bits per heavy atom. The maximum atomic E-state index is 10.2. The molecule has 12 heavy (non-hydrogen) atoms. The van der Waals surface area contributed by atoms with E-state index in [0.29, 0.717) is 4.73 Å². The molecule has 2 N–H and O–H groups in total. The highest BCUT2D eigenvalue weighted by atomic mass is 16.7. The SMILES string of the molecule is NC(=O)On1ccnc1[N+](=O)[O-]. The molecule has 0 aliphatic rings. The average Bonchev–Trinajstić information content (AvgIpc) is 2.33. The van der Waals surface area contributed by atoms with E-state index in [-0.39, 0.29) is 0 Å². The van der Waals surface area contributed by atoms with Crippen LogP contribution in [0.1, 0.15) is 0 Å². The van der Waals surface area contributed by atoms with Gasteiger partial charge in [0, 0.05) is 0 Å². The lowest BCUT2D eigenvalue weighted by molar-refractivity contribution is -0.400. The number of nitrogens with zero attached hydrogens (tertiary/aromatic N) is 3. The molecule has 0 bridgehead atoms. The smallest absolute Gasteiger partial charge is 0.390 e. The molecular formula is C4H4N4O4. The Bertz CT molecular complexity index is 319. The van der Waals surface area contributed by atoms with Crippen molar-refractivity contribution in [3.05, 3.63) is 22.5 Å². The Morgan fingerprint density at radius 2 is 2.50 bits per heavy atom. The van der Waals surface area contributed by atoms with Gasteiger partial charge in [0.25, 0.3) is 0 Å². The topological polar surface area (TPSA) is 113 Å². The van der Waals surface area contributed by atoms with Crippen LogP contribution in [0.3, 0.4) is 0 Å². The Morgan fingerprint density at radius 1 is 1.83 bits per heavy atom. The summed E-state index contributed by atoms with van der Waals surface area (Å²) in [7, 11) is 0. The van der Waals surface area contributed by atoms with E-state index in [0.717, 1.165) is 12.4 Å². The Labute approximate surface area is 65.7 Å². The minimum atomic E-state index is -1.14. The Hall–Kier alpha value is -2.12. The van der Waals surface area contributed by atoms with Crippen LogP contribution in [0.25, 0.3) is 0 Å². The summed E-state index contributed by atoms with van der Waals surface area (Å²) in [5.74, 6) is -0.603. The maximum Gasteiger partial charge on any atom is 0.472 e. The standard InChI is InChI=1S/C4H4N4O4/c5-3(9)12-7-2-1-6-4(7)8(10)11/h1-2H,(H2,5,9). The molecule has 0 radical (unpaired) electrons. The number of primary amides is 1. The van der Waals surface area contributed by atoms with Crippen molar-refractivity contribution in [2.24, 2.45) is 5.73 Å². The monoisotopic (exact) mass is 172 g/mol. The van der Waals surface area contributed by atoms with Crippen LogP contribution in [0.5, 0.6) is 0 Å². The van der Waals surface area contributed by atoms with Gasteiger partial charge >= 0.3 is 12.0 Å². The number of carbonyl (C=O) groups excluding carboxylic acids is 1. The largest absolute Gasteiger partial charge is 0.472 e. The van der Waals surface area contributed by atoms with E-state index in [1.165, 1.54) is 0 Å². The fraction of sp³-hybridized carbons (Fsp3) is 0. The van der Waals surface area contributed by atoms with Gasteiger partial charge in [0.15, 0.2) is 0 Å². The normalized spacial score (nSPS) is 9.33. The summed E-state index contributed by atoms with van der Waals surface area (Å²) in [5.41, 5.74) is 4.62. The van der Waals surface area contributed by atoms with Crippen molar-refractivity contribution >= 4 is 12.0 Å². The molecule has 0 spiro atoms. The number of carbonyl (C=O) groups is 1. The lowest BCUT2D eigenvalue weighted by Gasteiger charge is -1.96. The second kappa shape index (κ2) is 2.86. The van der Waals surface area contributed by atoms with E-state index in [1.807, 2.05) is 0 Å². The van der Waals surface area contributed by atoms with Crippen molar-refractivity contribution in [3.8, 4) is 0 Å². The number of amides is 1. The summed E-state index contributed by atoms with van der Waals surface area (Å²) in [6, 6.07) is 0. The molecule has 1 rings (SSSR count). The number of aromatic nitrogens is 2. The summed E-state index contributed by atoms with van der Waals surface area (Å²) >= 11 is 0. The summed E-state index contributed by atoms with van der Waals surface area (Å²) in [5, 5.41) is 10.2. The highest BCUT2D eigenvalue weighted by Crippen LogP contribution is 2.03. The predicted molar refractivity (Wildman–Crippen MR) is 35.0 cm³/mol. The van der Waals surface area contributed by atoms with Gasteiger partial charge in [-0.25, -0.2) is 4.79 Å². The van der Waals surface area contributed by atoms with E-state index in [1.54, 1.807) is 0 Å². The van der Waals surface area contributed by atoms with Crippen LogP contribution >= 0.6 is 0 Å². The molecule has 0 atom stereocenters. The second-order valence-electron chi connectivity index (χ2n) is 1.72. The van der Waals surface area contributed by atoms with E-state index in [9.17, 15) is 14.9 Å². The number of imidazole rings is 1. The number of nitro groups is 1. The molecule has 0 fully saturated rings.